The molecule has 1 aromatic carbocycles. The molecule has 4 heteroatoms. The summed E-state index contributed by atoms with van der Waals surface area (Å²) in [6.07, 6.45) is 5.32. The molecule has 2 fully saturated rings. The Morgan fingerprint density at radius 3 is 2.43 bits per heavy atom. The van der Waals surface area contributed by atoms with Crippen LogP contribution in [0.25, 0.3) is 0 Å². The van der Waals surface area contributed by atoms with Gasteiger partial charge in [-0.15, -0.1) is 12.4 Å². The molecular formula is C19H29ClN2O. The first kappa shape index (κ1) is 18.3. The molecule has 0 spiro atoms. The number of fused-ring (bicyclic) bond motifs is 2. The molecule has 128 valence electrons. The lowest BCUT2D eigenvalue weighted by atomic mass is 9.74. The summed E-state index contributed by atoms with van der Waals surface area (Å²) >= 11 is 0. The second-order valence-electron chi connectivity index (χ2n) is 6.83. The number of likely N-dealkylation sites (tertiary alicyclic amines) is 1. The number of halogens is 1. The Morgan fingerprint density at radius 1 is 1.13 bits per heavy atom. The number of benzene rings is 1. The van der Waals surface area contributed by atoms with Crippen molar-refractivity contribution in [2.45, 2.75) is 63.5 Å². The molecule has 2 aliphatic heterocycles. The first-order valence-electron chi connectivity index (χ1n) is 8.80. The predicted molar refractivity (Wildman–Crippen MR) is 97.1 cm³/mol. The summed E-state index contributed by atoms with van der Waals surface area (Å²) in [5.41, 5.74) is 0.817. The monoisotopic (exact) mass is 336 g/mol. The fourth-order valence-corrected chi connectivity index (χ4v) is 4.27. The van der Waals surface area contributed by atoms with E-state index in [-0.39, 0.29) is 17.8 Å². The Labute approximate surface area is 146 Å². The minimum absolute atomic E-state index is 0. The van der Waals surface area contributed by atoms with Gasteiger partial charge in [-0.05, 0) is 37.7 Å². The molecule has 1 amide bonds. The Hall–Kier alpha value is -1.06. The molecule has 2 unspecified atom stereocenters. The molecule has 2 aliphatic rings. The van der Waals surface area contributed by atoms with E-state index in [4.69, 9.17) is 0 Å². The van der Waals surface area contributed by atoms with Crippen molar-refractivity contribution >= 4 is 18.3 Å². The molecule has 2 heterocycles. The van der Waals surface area contributed by atoms with Crippen LogP contribution in [0.15, 0.2) is 30.3 Å². The maximum Gasteiger partial charge on any atom is 0.233 e. The fraction of sp³-hybridized carbons (Fsp3) is 0.632. The minimum atomic E-state index is -0.356. The Kier molecular flexibility index (Phi) is 6.10. The van der Waals surface area contributed by atoms with Crippen molar-refractivity contribution in [2.24, 2.45) is 0 Å². The lowest BCUT2D eigenvalue weighted by molar-refractivity contribution is -0.138. The SMILES string of the molecule is CCC(CC)(C(=O)N1CCC2CCC(C1)N2)c1ccccc1.Cl. The van der Waals surface area contributed by atoms with E-state index in [0.29, 0.717) is 18.0 Å². The van der Waals surface area contributed by atoms with Gasteiger partial charge < -0.3 is 10.2 Å². The van der Waals surface area contributed by atoms with Crippen LogP contribution in [0.5, 0.6) is 0 Å². The molecule has 23 heavy (non-hydrogen) atoms. The van der Waals surface area contributed by atoms with E-state index in [1.165, 1.54) is 18.4 Å². The Morgan fingerprint density at radius 2 is 1.78 bits per heavy atom. The van der Waals surface area contributed by atoms with Crippen LogP contribution < -0.4 is 5.32 Å². The molecule has 2 saturated heterocycles. The maximum absolute atomic E-state index is 13.4. The summed E-state index contributed by atoms with van der Waals surface area (Å²) in [7, 11) is 0. The van der Waals surface area contributed by atoms with Crippen LogP contribution in [-0.2, 0) is 10.2 Å². The fourth-order valence-electron chi connectivity index (χ4n) is 4.27. The molecular weight excluding hydrogens is 308 g/mol. The molecule has 0 aromatic heterocycles. The first-order chi connectivity index (χ1) is 10.7. The smallest absolute Gasteiger partial charge is 0.233 e. The zero-order valence-corrected chi connectivity index (χ0v) is 15.1. The van der Waals surface area contributed by atoms with Crippen LogP contribution in [0.4, 0.5) is 0 Å². The lowest BCUT2D eigenvalue weighted by Crippen LogP contribution is -2.49. The third kappa shape index (κ3) is 3.41. The molecule has 2 atom stereocenters. The van der Waals surface area contributed by atoms with Crippen LogP contribution >= 0.6 is 12.4 Å². The summed E-state index contributed by atoms with van der Waals surface area (Å²) in [5.74, 6) is 0.332. The first-order valence-corrected chi connectivity index (χ1v) is 8.80. The molecule has 3 nitrogen and oxygen atoms in total. The van der Waals surface area contributed by atoms with Gasteiger partial charge in [-0.3, -0.25) is 4.79 Å². The van der Waals surface area contributed by atoms with Crippen molar-refractivity contribution in [3.05, 3.63) is 35.9 Å². The van der Waals surface area contributed by atoms with Crippen LogP contribution in [0.1, 0.15) is 51.5 Å². The molecule has 0 aliphatic carbocycles. The highest BCUT2D eigenvalue weighted by Gasteiger charge is 2.41. The molecule has 1 N–H and O–H groups in total. The average Bonchev–Trinajstić information content (AvgIpc) is 2.89. The van der Waals surface area contributed by atoms with Gasteiger partial charge in [0.25, 0.3) is 0 Å². The van der Waals surface area contributed by atoms with Crippen molar-refractivity contribution in [1.82, 2.24) is 10.2 Å². The summed E-state index contributed by atoms with van der Waals surface area (Å²) in [6.45, 7) is 6.08. The van der Waals surface area contributed by atoms with Gasteiger partial charge in [-0.2, -0.15) is 0 Å². The summed E-state index contributed by atoms with van der Waals surface area (Å²) in [5, 5.41) is 3.67. The van der Waals surface area contributed by atoms with E-state index in [9.17, 15) is 4.79 Å². The average molecular weight is 337 g/mol. The molecule has 2 bridgehead atoms. The van der Waals surface area contributed by atoms with Crippen LogP contribution in [0.2, 0.25) is 0 Å². The largest absolute Gasteiger partial charge is 0.340 e. The van der Waals surface area contributed by atoms with Crippen molar-refractivity contribution < 1.29 is 4.79 Å². The Balaban J connectivity index is 0.00000192. The number of carbonyl (C=O) groups excluding carboxylic acids is 1. The van der Waals surface area contributed by atoms with Crippen molar-refractivity contribution in [2.75, 3.05) is 13.1 Å². The summed E-state index contributed by atoms with van der Waals surface area (Å²) in [4.78, 5) is 15.5. The van der Waals surface area contributed by atoms with Crippen LogP contribution in [0.3, 0.4) is 0 Å². The van der Waals surface area contributed by atoms with Crippen LogP contribution in [-0.4, -0.2) is 36.0 Å². The lowest BCUT2D eigenvalue weighted by Gasteiger charge is -2.37. The number of hydrogen-bond donors (Lipinski definition) is 1. The summed E-state index contributed by atoms with van der Waals surface area (Å²) < 4.78 is 0. The van der Waals surface area contributed by atoms with Gasteiger partial charge in [0.15, 0.2) is 0 Å². The normalized spacial score (nSPS) is 24.0. The highest BCUT2D eigenvalue weighted by molar-refractivity contribution is 5.88. The number of rotatable bonds is 4. The van der Waals surface area contributed by atoms with E-state index in [2.05, 4.69) is 48.3 Å². The van der Waals surface area contributed by atoms with Gasteiger partial charge in [0.05, 0.1) is 5.41 Å². The summed E-state index contributed by atoms with van der Waals surface area (Å²) in [6, 6.07) is 11.5. The van der Waals surface area contributed by atoms with Crippen molar-refractivity contribution in [3.8, 4) is 0 Å². The Bertz CT molecular complexity index is 515. The van der Waals surface area contributed by atoms with E-state index in [1.54, 1.807) is 0 Å². The molecule has 1 aromatic rings. The van der Waals surface area contributed by atoms with Gasteiger partial charge in [0, 0.05) is 25.2 Å². The quantitative estimate of drug-likeness (QED) is 0.912. The predicted octanol–water partition coefficient (Wildman–Crippen LogP) is 3.52. The zero-order valence-electron chi connectivity index (χ0n) is 14.3. The third-order valence-corrected chi connectivity index (χ3v) is 5.75. The minimum Gasteiger partial charge on any atom is -0.340 e. The second-order valence-corrected chi connectivity index (χ2v) is 6.83. The molecule has 0 saturated carbocycles. The van der Waals surface area contributed by atoms with Crippen LogP contribution in [0, 0.1) is 0 Å². The highest BCUT2D eigenvalue weighted by Crippen LogP contribution is 2.35. The van der Waals surface area contributed by atoms with Crippen molar-refractivity contribution in [3.63, 3.8) is 0 Å². The standard InChI is InChI=1S/C19H28N2O.ClH/c1-3-19(4-2,15-8-6-5-7-9-15)18(22)21-13-12-16-10-11-17(14-21)20-16;/h5-9,16-17,20H,3-4,10-14H2,1-2H3;1H. The zero-order chi connectivity index (χ0) is 15.6. The van der Waals surface area contributed by atoms with E-state index in [0.717, 1.165) is 32.4 Å². The van der Waals surface area contributed by atoms with Gasteiger partial charge in [0.2, 0.25) is 5.91 Å². The number of amides is 1. The second kappa shape index (κ2) is 7.67. The van der Waals surface area contributed by atoms with E-state index >= 15 is 0 Å². The van der Waals surface area contributed by atoms with E-state index in [1.807, 2.05) is 6.07 Å². The van der Waals surface area contributed by atoms with E-state index < -0.39 is 0 Å². The number of hydrogen-bond acceptors (Lipinski definition) is 2. The topological polar surface area (TPSA) is 32.3 Å². The molecule has 0 radical (unpaired) electrons. The number of nitrogens with one attached hydrogen (secondary N) is 1. The van der Waals surface area contributed by atoms with Crippen molar-refractivity contribution in [1.29, 1.82) is 0 Å². The number of carbonyl (C=O) groups is 1. The number of nitrogens with zero attached hydrogens (tertiary/aromatic N) is 1. The maximum atomic E-state index is 13.4. The van der Waals surface area contributed by atoms with Gasteiger partial charge >= 0.3 is 0 Å². The van der Waals surface area contributed by atoms with Gasteiger partial charge in [0.1, 0.15) is 0 Å². The highest BCUT2D eigenvalue weighted by atomic mass is 35.5. The molecule has 3 rings (SSSR count). The van der Waals surface area contributed by atoms with Gasteiger partial charge in [-0.25, -0.2) is 0 Å². The van der Waals surface area contributed by atoms with Gasteiger partial charge in [-0.1, -0.05) is 44.2 Å². The third-order valence-electron chi connectivity index (χ3n) is 5.75.